The van der Waals surface area contributed by atoms with Crippen molar-refractivity contribution in [2.45, 2.75) is 25.2 Å². The second-order valence-electron chi connectivity index (χ2n) is 3.66. The van der Waals surface area contributed by atoms with E-state index in [1.165, 1.54) is 0 Å². The molecule has 0 spiro atoms. The molecule has 2 rings (SSSR count). The predicted molar refractivity (Wildman–Crippen MR) is 38.6 cm³/mol. The van der Waals surface area contributed by atoms with E-state index < -0.39 is 5.92 Å². The van der Waals surface area contributed by atoms with E-state index in [-0.39, 0.29) is 11.8 Å². The smallest absolute Gasteiger partial charge is 0.256 e. The maximum Gasteiger partial charge on any atom is 0.256 e. The van der Waals surface area contributed by atoms with Crippen molar-refractivity contribution in [1.29, 1.82) is 0 Å². The fourth-order valence-corrected chi connectivity index (χ4v) is 1.69. The number of hydrogen-bond donors (Lipinski definition) is 1. The zero-order chi connectivity index (χ0) is 7.90. The maximum absolute atomic E-state index is 13.3. The molecule has 2 aliphatic rings. The van der Waals surface area contributed by atoms with Crippen molar-refractivity contribution in [2.75, 3.05) is 13.1 Å². The van der Waals surface area contributed by atoms with Crippen LogP contribution in [0.2, 0.25) is 0 Å². The van der Waals surface area contributed by atoms with Crippen molar-refractivity contribution < 1.29 is 8.78 Å². The lowest BCUT2D eigenvalue weighted by Crippen LogP contribution is -2.55. The summed E-state index contributed by atoms with van der Waals surface area (Å²) in [5.74, 6) is -3.04. The van der Waals surface area contributed by atoms with Crippen molar-refractivity contribution in [3.8, 4) is 0 Å². The van der Waals surface area contributed by atoms with Gasteiger partial charge in [0.1, 0.15) is 0 Å². The highest BCUT2D eigenvalue weighted by atomic mass is 19.3. The first-order valence-corrected chi connectivity index (χ1v) is 4.30. The highest BCUT2D eigenvalue weighted by Gasteiger charge is 2.50. The molecule has 0 atom stereocenters. The van der Waals surface area contributed by atoms with Gasteiger partial charge in [0, 0.05) is 24.9 Å². The van der Waals surface area contributed by atoms with Crippen molar-refractivity contribution in [3.63, 3.8) is 0 Å². The van der Waals surface area contributed by atoms with Crippen molar-refractivity contribution >= 4 is 0 Å². The molecule has 0 aromatic carbocycles. The minimum Gasteiger partial charge on any atom is -0.316 e. The zero-order valence-electron chi connectivity index (χ0n) is 6.45. The minimum atomic E-state index is -2.37. The molecule has 1 aliphatic heterocycles. The predicted octanol–water partition coefficient (Wildman–Crippen LogP) is 1.64. The summed E-state index contributed by atoms with van der Waals surface area (Å²) in [6.45, 7) is 1.03. The summed E-state index contributed by atoms with van der Waals surface area (Å²) < 4.78 is 26.5. The van der Waals surface area contributed by atoms with Gasteiger partial charge < -0.3 is 5.32 Å². The van der Waals surface area contributed by atoms with E-state index in [0.717, 1.165) is 19.3 Å². The monoisotopic (exact) mass is 161 g/mol. The van der Waals surface area contributed by atoms with Crippen LogP contribution >= 0.6 is 0 Å². The quantitative estimate of drug-likeness (QED) is 0.649. The first kappa shape index (κ1) is 7.47. The average Bonchev–Trinajstić information content (AvgIpc) is 1.46. The number of alkyl halides is 2. The molecule has 1 saturated carbocycles. The molecule has 0 amide bonds. The molecule has 1 nitrogen and oxygen atoms in total. The van der Waals surface area contributed by atoms with Crippen LogP contribution in [0, 0.1) is 11.8 Å². The molecule has 1 heterocycles. The topological polar surface area (TPSA) is 12.0 Å². The summed E-state index contributed by atoms with van der Waals surface area (Å²) in [5, 5.41) is 2.89. The van der Waals surface area contributed by atoms with Crippen LogP contribution in [0.4, 0.5) is 8.78 Å². The Kier molecular flexibility index (Phi) is 1.63. The van der Waals surface area contributed by atoms with Gasteiger partial charge in [0.25, 0.3) is 5.92 Å². The molecule has 1 saturated heterocycles. The van der Waals surface area contributed by atoms with Crippen LogP contribution in [-0.4, -0.2) is 19.0 Å². The molecule has 3 heteroatoms. The Labute approximate surface area is 65.2 Å². The second-order valence-corrected chi connectivity index (χ2v) is 3.66. The van der Waals surface area contributed by atoms with Gasteiger partial charge in [-0.1, -0.05) is 6.42 Å². The first-order chi connectivity index (χ1) is 5.21. The van der Waals surface area contributed by atoms with Crippen LogP contribution in [0.1, 0.15) is 19.3 Å². The number of rotatable bonds is 2. The van der Waals surface area contributed by atoms with Gasteiger partial charge in [-0.2, -0.15) is 0 Å². The molecule has 11 heavy (non-hydrogen) atoms. The molecule has 1 aliphatic carbocycles. The van der Waals surface area contributed by atoms with Gasteiger partial charge in [0.2, 0.25) is 0 Å². The lowest BCUT2D eigenvalue weighted by atomic mass is 9.74. The summed E-state index contributed by atoms with van der Waals surface area (Å²) in [5.41, 5.74) is 0. The van der Waals surface area contributed by atoms with E-state index in [0.29, 0.717) is 13.1 Å². The fraction of sp³-hybridized carbons (Fsp3) is 1.00. The standard InChI is InChI=1S/C8H13F2N/c9-8(10,6-2-1-3-6)7-4-11-5-7/h6-7,11H,1-5H2. The van der Waals surface area contributed by atoms with Gasteiger partial charge in [0.15, 0.2) is 0 Å². The summed E-state index contributed by atoms with van der Waals surface area (Å²) >= 11 is 0. The Balaban J connectivity index is 1.95. The molecule has 0 unspecified atom stereocenters. The van der Waals surface area contributed by atoms with E-state index in [1.807, 2.05) is 0 Å². The number of nitrogens with one attached hydrogen (secondary N) is 1. The molecule has 0 aromatic heterocycles. The molecular weight excluding hydrogens is 148 g/mol. The number of halogens is 2. The van der Waals surface area contributed by atoms with E-state index >= 15 is 0 Å². The SMILES string of the molecule is FC(F)(C1CCC1)C1CNC1. The van der Waals surface area contributed by atoms with Crippen molar-refractivity contribution in [1.82, 2.24) is 5.32 Å². The van der Waals surface area contributed by atoms with Crippen LogP contribution in [0.5, 0.6) is 0 Å². The maximum atomic E-state index is 13.3. The summed E-state index contributed by atoms with van der Waals surface area (Å²) in [7, 11) is 0. The van der Waals surface area contributed by atoms with Gasteiger partial charge in [-0.05, 0) is 12.8 Å². The summed E-state index contributed by atoms with van der Waals surface area (Å²) in [4.78, 5) is 0. The molecule has 0 radical (unpaired) electrons. The van der Waals surface area contributed by atoms with E-state index in [9.17, 15) is 8.78 Å². The van der Waals surface area contributed by atoms with E-state index in [4.69, 9.17) is 0 Å². The highest BCUT2D eigenvalue weighted by molar-refractivity contribution is 4.94. The van der Waals surface area contributed by atoms with Gasteiger partial charge >= 0.3 is 0 Å². The normalized spacial score (nSPS) is 27.8. The molecule has 1 N–H and O–H groups in total. The Morgan fingerprint density at radius 2 is 1.73 bits per heavy atom. The third kappa shape index (κ3) is 1.06. The lowest BCUT2D eigenvalue weighted by Gasteiger charge is -2.42. The zero-order valence-corrected chi connectivity index (χ0v) is 6.45. The Hall–Kier alpha value is -0.180. The van der Waals surface area contributed by atoms with E-state index in [2.05, 4.69) is 5.32 Å². The lowest BCUT2D eigenvalue weighted by molar-refractivity contribution is -0.145. The summed E-state index contributed by atoms with van der Waals surface area (Å²) in [6, 6.07) is 0. The van der Waals surface area contributed by atoms with Crippen LogP contribution in [0.3, 0.4) is 0 Å². The molecule has 0 bridgehead atoms. The largest absolute Gasteiger partial charge is 0.316 e. The van der Waals surface area contributed by atoms with Gasteiger partial charge in [-0.25, -0.2) is 8.78 Å². The third-order valence-electron chi connectivity index (χ3n) is 2.98. The number of hydrogen-bond acceptors (Lipinski definition) is 1. The Morgan fingerprint density at radius 1 is 1.09 bits per heavy atom. The second kappa shape index (κ2) is 2.41. The molecule has 0 aromatic rings. The van der Waals surface area contributed by atoms with Crippen LogP contribution < -0.4 is 5.32 Å². The van der Waals surface area contributed by atoms with Crippen molar-refractivity contribution in [3.05, 3.63) is 0 Å². The third-order valence-corrected chi connectivity index (χ3v) is 2.98. The van der Waals surface area contributed by atoms with Crippen LogP contribution in [-0.2, 0) is 0 Å². The minimum absolute atomic E-state index is 0.297. The first-order valence-electron chi connectivity index (χ1n) is 4.30. The average molecular weight is 161 g/mol. The van der Waals surface area contributed by atoms with Gasteiger partial charge in [-0.15, -0.1) is 0 Å². The molecule has 64 valence electrons. The van der Waals surface area contributed by atoms with E-state index in [1.54, 1.807) is 0 Å². The van der Waals surface area contributed by atoms with Crippen LogP contribution in [0.15, 0.2) is 0 Å². The van der Waals surface area contributed by atoms with Gasteiger partial charge in [0.05, 0.1) is 0 Å². The molecular formula is C8H13F2N. The summed E-state index contributed by atoms with van der Waals surface area (Å²) in [6.07, 6.45) is 2.48. The molecule has 2 fully saturated rings. The van der Waals surface area contributed by atoms with Gasteiger partial charge in [-0.3, -0.25) is 0 Å². The fourth-order valence-electron chi connectivity index (χ4n) is 1.69. The Morgan fingerprint density at radius 3 is 2.00 bits per heavy atom. The Bertz CT molecular complexity index is 134. The van der Waals surface area contributed by atoms with Crippen LogP contribution in [0.25, 0.3) is 0 Å². The van der Waals surface area contributed by atoms with Crippen molar-refractivity contribution in [2.24, 2.45) is 11.8 Å². The highest BCUT2D eigenvalue weighted by Crippen LogP contribution is 2.45.